The molecule has 0 aliphatic carbocycles. The van der Waals surface area contributed by atoms with E-state index in [1.54, 1.807) is 13.8 Å². The number of nitrogens with one attached hydrogen (secondary N) is 1. The van der Waals surface area contributed by atoms with E-state index in [2.05, 4.69) is 15.3 Å². The van der Waals surface area contributed by atoms with Gasteiger partial charge >= 0.3 is 5.97 Å². The predicted molar refractivity (Wildman–Crippen MR) is 58.7 cm³/mol. The van der Waals surface area contributed by atoms with Crippen LogP contribution in [0.3, 0.4) is 0 Å². The topological polar surface area (TPSA) is 101 Å². The van der Waals surface area contributed by atoms with Gasteiger partial charge in [-0.25, -0.2) is 14.8 Å². The highest BCUT2D eigenvalue weighted by molar-refractivity contribution is 5.98. The van der Waals surface area contributed by atoms with Crippen LogP contribution in [0.2, 0.25) is 0 Å². The van der Waals surface area contributed by atoms with E-state index in [0.717, 1.165) is 0 Å². The van der Waals surface area contributed by atoms with E-state index in [-0.39, 0.29) is 24.2 Å². The summed E-state index contributed by atoms with van der Waals surface area (Å²) in [6.45, 7) is 3.42. The summed E-state index contributed by atoms with van der Waals surface area (Å²) in [7, 11) is 0. The van der Waals surface area contributed by atoms with Gasteiger partial charge in [0.2, 0.25) is 0 Å². The molecule has 17 heavy (non-hydrogen) atoms. The maximum atomic E-state index is 11.4. The van der Waals surface area contributed by atoms with Gasteiger partial charge in [0.05, 0.1) is 6.10 Å². The fraction of sp³-hybridized carbons (Fsp3) is 0.400. The van der Waals surface area contributed by atoms with Gasteiger partial charge < -0.3 is 15.2 Å². The number of carbonyl (C=O) groups excluding carboxylic acids is 1. The zero-order valence-corrected chi connectivity index (χ0v) is 9.51. The van der Waals surface area contributed by atoms with Crippen molar-refractivity contribution in [2.75, 3.05) is 11.9 Å². The van der Waals surface area contributed by atoms with Crippen LogP contribution in [0.25, 0.3) is 0 Å². The summed E-state index contributed by atoms with van der Waals surface area (Å²) in [4.78, 5) is 29.5. The molecule has 0 unspecified atom stereocenters. The smallest absolute Gasteiger partial charge is 0.358 e. The van der Waals surface area contributed by atoms with Crippen molar-refractivity contribution in [1.82, 2.24) is 9.97 Å². The number of carbonyl (C=O) groups is 2. The molecule has 0 fully saturated rings. The predicted octanol–water partition coefficient (Wildman–Crippen LogP) is 0.538. The lowest BCUT2D eigenvalue weighted by atomic mass is 10.4. The number of carboxylic acids is 1. The number of nitrogens with zero attached hydrogens (tertiary/aromatic N) is 2. The monoisotopic (exact) mass is 239 g/mol. The molecule has 0 saturated heterocycles. The number of aromatic nitrogens is 2. The molecule has 1 heterocycles. The zero-order valence-electron chi connectivity index (χ0n) is 9.51. The molecule has 2 N–H and O–H groups in total. The van der Waals surface area contributed by atoms with Crippen LogP contribution in [-0.2, 0) is 9.53 Å². The molecule has 1 amide bonds. The van der Waals surface area contributed by atoms with Crippen molar-refractivity contribution in [3.05, 3.63) is 18.1 Å². The van der Waals surface area contributed by atoms with Gasteiger partial charge in [-0.05, 0) is 13.8 Å². The van der Waals surface area contributed by atoms with E-state index in [9.17, 15) is 9.59 Å². The van der Waals surface area contributed by atoms with Gasteiger partial charge in [0, 0.05) is 12.4 Å². The summed E-state index contributed by atoms with van der Waals surface area (Å²) in [5.74, 6) is -1.81. The maximum absolute atomic E-state index is 11.4. The van der Waals surface area contributed by atoms with Gasteiger partial charge in [0.1, 0.15) is 6.61 Å². The molecular weight excluding hydrogens is 226 g/mol. The van der Waals surface area contributed by atoms with Crippen LogP contribution < -0.4 is 5.32 Å². The Morgan fingerprint density at radius 3 is 2.65 bits per heavy atom. The second-order valence-electron chi connectivity index (χ2n) is 3.47. The van der Waals surface area contributed by atoms with Gasteiger partial charge in [-0.3, -0.25) is 4.79 Å². The number of carboxylic acid groups (broad SMARTS) is 1. The Kier molecular flexibility index (Phi) is 4.53. The quantitative estimate of drug-likeness (QED) is 0.777. The third kappa shape index (κ3) is 4.15. The molecule has 0 aliphatic rings. The fourth-order valence-corrected chi connectivity index (χ4v) is 0.997. The van der Waals surface area contributed by atoms with E-state index >= 15 is 0 Å². The summed E-state index contributed by atoms with van der Waals surface area (Å²) in [5, 5.41) is 11.1. The van der Waals surface area contributed by atoms with E-state index in [1.807, 2.05) is 0 Å². The highest BCUT2D eigenvalue weighted by Gasteiger charge is 2.15. The molecule has 7 nitrogen and oxygen atoms in total. The zero-order chi connectivity index (χ0) is 12.8. The van der Waals surface area contributed by atoms with E-state index in [4.69, 9.17) is 9.84 Å². The van der Waals surface area contributed by atoms with Gasteiger partial charge in [-0.15, -0.1) is 0 Å². The second-order valence-corrected chi connectivity index (χ2v) is 3.47. The van der Waals surface area contributed by atoms with Crippen LogP contribution in [0.4, 0.5) is 5.82 Å². The SMILES string of the molecule is CC(C)OCC(=O)Nc1nccnc1C(=O)O. The van der Waals surface area contributed by atoms with Crippen LogP contribution in [0.1, 0.15) is 24.3 Å². The third-order valence-electron chi connectivity index (χ3n) is 1.71. The van der Waals surface area contributed by atoms with Crippen molar-refractivity contribution < 1.29 is 19.4 Å². The third-order valence-corrected chi connectivity index (χ3v) is 1.71. The minimum Gasteiger partial charge on any atom is -0.476 e. The molecular formula is C10H13N3O4. The summed E-state index contributed by atoms with van der Waals surface area (Å²) in [5.41, 5.74) is -0.301. The summed E-state index contributed by atoms with van der Waals surface area (Å²) in [6.07, 6.45) is 2.45. The van der Waals surface area contributed by atoms with Crippen molar-refractivity contribution in [3.8, 4) is 0 Å². The number of hydrogen-bond acceptors (Lipinski definition) is 5. The van der Waals surface area contributed by atoms with Crippen LogP contribution >= 0.6 is 0 Å². The Bertz CT molecular complexity index is 420. The molecule has 0 aromatic carbocycles. The average molecular weight is 239 g/mol. The summed E-state index contributed by atoms with van der Waals surface area (Å²) >= 11 is 0. The van der Waals surface area contributed by atoms with E-state index in [1.165, 1.54) is 12.4 Å². The normalized spacial score (nSPS) is 10.3. The Balaban J connectivity index is 2.68. The number of hydrogen-bond donors (Lipinski definition) is 2. The first-order valence-electron chi connectivity index (χ1n) is 4.96. The molecule has 0 radical (unpaired) electrons. The Morgan fingerprint density at radius 1 is 1.41 bits per heavy atom. The Morgan fingerprint density at radius 2 is 2.06 bits per heavy atom. The lowest BCUT2D eigenvalue weighted by molar-refractivity contribution is -0.121. The molecule has 92 valence electrons. The van der Waals surface area contributed by atoms with Gasteiger partial charge in [0.15, 0.2) is 11.5 Å². The first-order chi connectivity index (χ1) is 8.00. The van der Waals surface area contributed by atoms with E-state index in [0.29, 0.717) is 0 Å². The molecule has 7 heteroatoms. The lowest BCUT2D eigenvalue weighted by Crippen LogP contribution is -2.23. The molecule has 0 saturated carbocycles. The molecule has 0 bridgehead atoms. The Hall–Kier alpha value is -2.02. The number of rotatable bonds is 5. The van der Waals surface area contributed by atoms with Crippen LogP contribution in [0, 0.1) is 0 Å². The molecule has 1 aromatic rings. The standard InChI is InChI=1S/C10H13N3O4/c1-6(2)17-5-7(14)13-9-8(10(15)16)11-3-4-12-9/h3-4,6H,5H2,1-2H3,(H,15,16)(H,12,13,14). The highest BCUT2D eigenvalue weighted by Crippen LogP contribution is 2.07. The van der Waals surface area contributed by atoms with E-state index < -0.39 is 11.9 Å². The molecule has 0 spiro atoms. The first-order valence-corrected chi connectivity index (χ1v) is 4.96. The summed E-state index contributed by atoms with van der Waals surface area (Å²) in [6, 6.07) is 0. The first kappa shape index (κ1) is 13.0. The molecule has 1 rings (SSSR count). The van der Waals surface area contributed by atoms with Crippen LogP contribution in [-0.4, -0.2) is 39.7 Å². The minimum atomic E-state index is -1.25. The molecule has 1 aromatic heterocycles. The number of amides is 1. The van der Waals surface area contributed by atoms with Gasteiger partial charge in [0.25, 0.3) is 5.91 Å². The number of aromatic carboxylic acids is 1. The second kappa shape index (κ2) is 5.90. The largest absolute Gasteiger partial charge is 0.476 e. The summed E-state index contributed by atoms with van der Waals surface area (Å²) < 4.78 is 5.07. The number of ether oxygens (including phenoxy) is 1. The maximum Gasteiger partial charge on any atom is 0.358 e. The fourth-order valence-electron chi connectivity index (χ4n) is 0.997. The lowest BCUT2D eigenvalue weighted by Gasteiger charge is -2.08. The van der Waals surface area contributed by atoms with Crippen molar-refractivity contribution in [3.63, 3.8) is 0 Å². The van der Waals surface area contributed by atoms with Crippen molar-refractivity contribution in [1.29, 1.82) is 0 Å². The number of anilines is 1. The minimum absolute atomic E-state index is 0.0819. The average Bonchev–Trinajstić information content (AvgIpc) is 2.27. The van der Waals surface area contributed by atoms with Crippen molar-refractivity contribution in [2.24, 2.45) is 0 Å². The van der Waals surface area contributed by atoms with Crippen molar-refractivity contribution >= 4 is 17.7 Å². The van der Waals surface area contributed by atoms with Gasteiger partial charge in [-0.2, -0.15) is 0 Å². The van der Waals surface area contributed by atoms with Gasteiger partial charge in [-0.1, -0.05) is 0 Å². The highest BCUT2D eigenvalue weighted by atomic mass is 16.5. The molecule has 0 aliphatic heterocycles. The Labute approximate surface area is 97.8 Å². The van der Waals surface area contributed by atoms with Crippen molar-refractivity contribution in [2.45, 2.75) is 20.0 Å². The molecule has 0 atom stereocenters. The van der Waals surface area contributed by atoms with Crippen LogP contribution in [0.5, 0.6) is 0 Å². The van der Waals surface area contributed by atoms with Crippen LogP contribution in [0.15, 0.2) is 12.4 Å².